The molecule has 0 saturated carbocycles. The second-order valence-electron chi connectivity index (χ2n) is 4.27. The highest BCUT2D eigenvalue weighted by Gasteiger charge is 2.05. The van der Waals surface area contributed by atoms with Crippen LogP contribution in [0.2, 0.25) is 0 Å². The van der Waals surface area contributed by atoms with Gasteiger partial charge >= 0.3 is 0 Å². The fourth-order valence-corrected chi connectivity index (χ4v) is 1.58. The molecule has 2 atom stereocenters. The molecule has 0 spiro atoms. The molecule has 0 heterocycles. The molecule has 0 aliphatic rings. The molecule has 0 aromatic heterocycles. The van der Waals surface area contributed by atoms with Crippen LogP contribution in [0.1, 0.15) is 52.4 Å². The predicted molar refractivity (Wildman–Crippen MR) is 67.3 cm³/mol. The van der Waals surface area contributed by atoms with Gasteiger partial charge in [-0.2, -0.15) is 0 Å². The van der Waals surface area contributed by atoms with Crippen LogP contribution < -0.4 is 0 Å². The first-order valence-corrected chi connectivity index (χ1v) is 6.37. The fraction of sp³-hybridized carbons (Fsp3) is 0.714. The van der Waals surface area contributed by atoms with E-state index in [0.717, 1.165) is 51.1 Å². The molecule has 0 aliphatic carbocycles. The fourth-order valence-electron chi connectivity index (χ4n) is 1.58. The Hall–Kier alpha value is -0.920. The van der Waals surface area contributed by atoms with Gasteiger partial charge in [0.05, 0.1) is 0 Å². The molecule has 0 aliphatic heterocycles. The lowest BCUT2D eigenvalue weighted by molar-refractivity contribution is -0.111. The molecule has 0 fully saturated rings. The molecule has 2 nitrogen and oxygen atoms in total. The van der Waals surface area contributed by atoms with E-state index in [4.69, 9.17) is 0 Å². The number of rotatable bonds is 10. The summed E-state index contributed by atoms with van der Waals surface area (Å²) in [4.78, 5) is 21.6. The molecular formula is C14H24O2. The summed E-state index contributed by atoms with van der Waals surface area (Å²) in [6, 6.07) is 0. The SMILES string of the molecule is CCCCC(C=O)C=CC(C=O)CCCC. The quantitative estimate of drug-likeness (QED) is 0.420. The molecule has 0 N–H and O–H groups in total. The van der Waals surface area contributed by atoms with Crippen LogP contribution in [0.15, 0.2) is 12.2 Å². The molecule has 2 heteroatoms. The second-order valence-corrected chi connectivity index (χ2v) is 4.27. The van der Waals surface area contributed by atoms with Crippen LogP contribution >= 0.6 is 0 Å². The van der Waals surface area contributed by atoms with Crippen molar-refractivity contribution in [3.8, 4) is 0 Å². The van der Waals surface area contributed by atoms with Crippen molar-refractivity contribution in [2.24, 2.45) is 11.8 Å². The van der Waals surface area contributed by atoms with Gasteiger partial charge in [-0.05, 0) is 12.8 Å². The predicted octanol–water partition coefficient (Wildman–Crippen LogP) is 3.55. The summed E-state index contributed by atoms with van der Waals surface area (Å²) < 4.78 is 0. The van der Waals surface area contributed by atoms with Gasteiger partial charge < -0.3 is 9.59 Å². The third-order valence-corrected chi connectivity index (χ3v) is 2.74. The maximum Gasteiger partial charge on any atom is 0.126 e. The Morgan fingerprint density at radius 3 is 1.44 bits per heavy atom. The summed E-state index contributed by atoms with van der Waals surface area (Å²) in [6.45, 7) is 4.22. The largest absolute Gasteiger partial charge is 0.303 e. The van der Waals surface area contributed by atoms with Crippen LogP contribution in [0, 0.1) is 11.8 Å². The van der Waals surface area contributed by atoms with Crippen molar-refractivity contribution in [2.75, 3.05) is 0 Å². The van der Waals surface area contributed by atoms with Crippen molar-refractivity contribution in [1.29, 1.82) is 0 Å². The molecule has 16 heavy (non-hydrogen) atoms. The molecule has 0 aromatic carbocycles. The van der Waals surface area contributed by atoms with Gasteiger partial charge in [-0.3, -0.25) is 0 Å². The van der Waals surface area contributed by atoms with Gasteiger partial charge in [-0.15, -0.1) is 0 Å². The zero-order valence-electron chi connectivity index (χ0n) is 10.5. The van der Waals surface area contributed by atoms with Crippen LogP contribution in [0.25, 0.3) is 0 Å². The van der Waals surface area contributed by atoms with E-state index >= 15 is 0 Å². The topological polar surface area (TPSA) is 34.1 Å². The maximum absolute atomic E-state index is 10.8. The van der Waals surface area contributed by atoms with E-state index in [2.05, 4.69) is 13.8 Å². The Morgan fingerprint density at radius 1 is 0.812 bits per heavy atom. The summed E-state index contributed by atoms with van der Waals surface area (Å²) in [5, 5.41) is 0. The van der Waals surface area contributed by atoms with Gasteiger partial charge in [-0.25, -0.2) is 0 Å². The number of allylic oxidation sites excluding steroid dienone is 2. The molecule has 0 amide bonds. The zero-order chi connectivity index (χ0) is 12.2. The van der Waals surface area contributed by atoms with Crippen molar-refractivity contribution in [2.45, 2.75) is 52.4 Å². The van der Waals surface area contributed by atoms with Gasteiger partial charge in [0.2, 0.25) is 0 Å². The monoisotopic (exact) mass is 224 g/mol. The van der Waals surface area contributed by atoms with Crippen molar-refractivity contribution in [1.82, 2.24) is 0 Å². The molecule has 0 radical (unpaired) electrons. The standard InChI is InChI=1S/C14H24O2/c1-3-5-7-13(11-15)9-10-14(12-16)8-6-4-2/h9-14H,3-8H2,1-2H3. The van der Waals surface area contributed by atoms with Gasteiger partial charge in [0, 0.05) is 11.8 Å². The highest BCUT2D eigenvalue weighted by Crippen LogP contribution is 2.12. The Bertz CT molecular complexity index is 187. The minimum Gasteiger partial charge on any atom is -0.303 e. The van der Waals surface area contributed by atoms with Gasteiger partial charge in [0.25, 0.3) is 0 Å². The summed E-state index contributed by atoms with van der Waals surface area (Å²) in [7, 11) is 0. The highest BCUT2D eigenvalue weighted by atomic mass is 16.1. The van der Waals surface area contributed by atoms with E-state index in [9.17, 15) is 9.59 Å². The molecular weight excluding hydrogens is 200 g/mol. The van der Waals surface area contributed by atoms with E-state index in [1.54, 1.807) is 0 Å². The van der Waals surface area contributed by atoms with E-state index in [0.29, 0.717) is 0 Å². The number of carbonyl (C=O) groups excluding carboxylic acids is 2. The Kier molecular flexibility index (Phi) is 9.98. The van der Waals surface area contributed by atoms with Crippen LogP contribution in [0.5, 0.6) is 0 Å². The van der Waals surface area contributed by atoms with Crippen molar-refractivity contribution < 1.29 is 9.59 Å². The van der Waals surface area contributed by atoms with Crippen molar-refractivity contribution in [3.63, 3.8) is 0 Å². The molecule has 2 unspecified atom stereocenters. The first-order valence-electron chi connectivity index (χ1n) is 6.37. The Morgan fingerprint density at radius 2 is 1.19 bits per heavy atom. The van der Waals surface area contributed by atoms with Crippen LogP contribution in [0.4, 0.5) is 0 Å². The van der Waals surface area contributed by atoms with Gasteiger partial charge in [-0.1, -0.05) is 51.7 Å². The number of unbranched alkanes of at least 4 members (excludes halogenated alkanes) is 2. The smallest absolute Gasteiger partial charge is 0.126 e. The van der Waals surface area contributed by atoms with E-state index in [-0.39, 0.29) is 11.8 Å². The lowest BCUT2D eigenvalue weighted by Crippen LogP contribution is -2.02. The molecule has 92 valence electrons. The summed E-state index contributed by atoms with van der Waals surface area (Å²) in [6.07, 6.45) is 11.9. The van der Waals surface area contributed by atoms with Crippen LogP contribution in [-0.2, 0) is 9.59 Å². The van der Waals surface area contributed by atoms with Crippen molar-refractivity contribution in [3.05, 3.63) is 12.2 Å². The second kappa shape index (κ2) is 10.6. The molecule has 0 aromatic rings. The average Bonchev–Trinajstić information content (AvgIpc) is 2.33. The maximum atomic E-state index is 10.8. The first kappa shape index (κ1) is 15.1. The summed E-state index contributed by atoms with van der Waals surface area (Å²) >= 11 is 0. The van der Waals surface area contributed by atoms with E-state index in [1.807, 2.05) is 12.2 Å². The number of hydrogen-bond acceptors (Lipinski definition) is 2. The van der Waals surface area contributed by atoms with Gasteiger partial charge in [0.15, 0.2) is 0 Å². The molecule has 0 rings (SSSR count). The first-order chi connectivity index (χ1) is 7.78. The average molecular weight is 224 g/mol. The Balaban J connectivity index is 4.06. The summed E-state index contributed by atoms with van der Waals surface area (Å²) in [5.74, 6) is -0.0203. The zero-order valence-corrected chi connectivity index (χ0v) is 10.5. The normalized spacial score (nSPS) is 14.9. The Labute approximate surface area is 99.1 Å². The minimum atomic E-state index is -0.0102. The third-order valence-electron chi connectivity index (χ3n) is 2.74. The van der Waals surface area contributed by atoms with E-state index in [1.165, 1.54) is 0 Å². The molecule has 0 saturated heterocycles. The number of carbonyl (C=O) groups is 2. The summed E-state index contributed by atoms with van der Waals surface area (Å²) in [5.41, 5.74) is 0. The lowest BCUT2D eigenvalue weighted by Gasteiger charge is -2.06. The third kappa shape index (κ3) is 7.38. The lowest BCUT2D eigenvalue weighted by atomic mass is 9.98. The minimum absolute atomic E-state index is 0.0102. The number of hydrogen-bond donors (Lipinski definition) is 0. The van der Waals surface area contributed by atoms with Crippen LogP contribution in [-0.4, -0.2) is 12.6 Å². The number of aldehydes is 2. The highest BCUT2D eigenvalue weighted by molar-refractivity contribution is 5.59. The molecule has 0 bridgehead atoms. The van der Waals surface area contributed by atoms with E-state index < -0.39 is 0 Å². The van der Waals surface area contributed by atoms with Crippen LogP contribution in [0.3, 0.4) is 0 Å². The van der Waals surface area contributed by atoms with Crippen molar-refractivity contribution >= 4 is 12.6 Å². The van der Waals surface area contributed by atoms with Gasteiger partial charge in [0.1, 0.15) is 12.6 Å².